The highest BCUT2D eigenvalue weighted by atomic mass is 32.1. The number of carbonyl (C=O) groups is 1. The smallest absolute Gasteiger partial charge is 0.232 e. The summed E-state index contributed by atoms with van der Waals surface area (Å²) in [7, 11) is 3.61. The highest BCUT2D eigenvalue weighted by molar-refractivity contribution is 7.22. The van der Waals surface area contributed by atoms with Crippen molar-refractivity contribution < 1.29 is 9.53 Å². The lowest BCUT2D eigenvalue weighted by Gasteiger charge is -2.04. The van der Waals surface area contributed by atoms with E-state index < -0.39 is 0 Å². The minimum Gasteiger partial charge on any atom is -0.497 e. The van der Waals surface area contributed by atoms with E-state index in [1.54, 1.807) is 7.11 Å². The van der Waals surface area contributed by atoms with E-state index >= 15 is 0 Å². The number of amides is 1. The van der Waals surface area contributed by atoms with E-state index in [4.69, 9.17) is 4.74 Å². The Labute approximate surface area is 148 Å². The minimum absolute atomic E-state index is 0.0723. The van der Waals surface area contributed by atoms with Gasteiger partial charge in [-0.25, -0.2) is 4.98 Å². The van der Waals surface area contributed by atoms with E-state index in [1.165, 1.54) is 11.3 Å². The molecular weight excluding hydrogens is 334 g/mol. The van der Waals surface area contributed by atoms with Crippen LogP contribution < -0.4 is 10.1 Å². The predicted octanol–water partition coefficient (Wildman–Crippen LogP) is 3.98. The second-order valence-corrected chi connectivity index (χ2v) is 6.86. The molecule has 126 valence electrons. The molecule has 25 heavy (non-hydrogen) atoms. The van der Waals surface area contributed by atoms with Crippen molar-refractivity contribution in [1.82, 2.24) is 9.55 Å². The fraction of sp³-hybridized carbons (Fsp3) is 0.158. The van der Waals surface area contributed by atoms with Gasteiger partial charge >= 0.3 is 0 Å². The third-order valence-corrected chi connectivity index (χ3v) is 5.17. The van der Waals surface area contributed by atoms with Crippen LogP contribution in [0.3, 0.4) is 0 Å². The van der Waals surface area contributed by atoms with Crippen LogP contribution in [0, 0.1) is 0 Å². The lowest BCUT2D eigenvalue weighted by atomic mass is 10.2. The Morgan fingerprint density at radius 3 is 2.88 bits per heavy atom. The number of rotatable bonds is 4. The molecule has 1 amide bonds. The van der Waals surface area contributed by atoms with Gasteiger partial charge in [-0.15, -0.1) is 0 Å². The molecule has 0 unspecified atom stereocenters. The highest BCUT2D eigenvalue weighted by Gasteiger charge is 2.12. The van der Waals surface area contributed by atoms with Gasteiger partial charge in [-0.2, -0.15) is 0 Å². The highest BCUT2D eigenvalue weighted by Crippen LogP contribution is 2.29. The van der Waals surface area contributed by atoms with Gasteiger partial charge < -0.3 is 14.6 Å². The van der Waals surface area contributed by atoms with Gasteiger partial charge in [-0.05, 0) is 35.7 Å². The van der Waals surface area contributed by atoms with E-state index in [2.05, 4.69) is 33.1 Å². The van der Waals surface area contributed by atoms with Gasteiger partial charge in [0.2, 0.25) is 5.91 Å². The van der Waals surface area contributed by atoms with Gasteiger partial charge in [0, 0.05) is 18.3 Å². The molecule has 6 heteroatoms. The van der Waals surface area contributed by atoms with Crippen molar-refractivity contribution in [2.75, 3.05) is 12.4 Å². The molecule has 0 spiro atoms. The predicted molar refractivity (Wildman–Crippen MR) is 101 cm³/mol. The number of nitrogens with zero attached hydrogens (tertiary/aromatic N) is 2. The maximum absolute atomic E-state index is 12.4. The monoisotopic (exact) mass is 351 g/mol. The molecule has 0 fully saturated rings. The zero-order valence-electron chi connectivity index (χ0n) is 13.9. The summed E-state index contributed by atoms with van der Waals surface area (Å²) in [4.78, 5) is 16.9. The maximum atomic E-state index is 12.4. The van der Waals surface area contributed by atoms with E-state index in [9.17, 15) is 4.79 Å². The molecule has 0 bridgehead atoms. The molecule has 5 nitrogen and oxygen atoms in total. The SMILES string of the molecule is COc1ccc2nc(NC(=O)Cc3cc4ccccc4n3C)sc2c1. The Morgan fingerprint density at radius 2 is 2.08 bits per heavy atom. The van der Waals surface area contributed by atoms with Gasteiger partial charge in [0.25, 0.3) is 0 Å². The molecule has 0 radical (unpaired) electrons. The Balaban J connectivity index is 1.54. The number of thiazole rings is 1. The number of para-hydroxylation sites is 1. The number of benzene rings is 2. The van der Waals surface area contributed by atoms with E-state index in [0.29, 0.717) is 11.6 Å². The number of hydrogen-bond acceptors (Lipinski definition) is 4. The van der Waals surface area contributed by atoms with Crippen molar-refractivity contribution in [2.45, 2.75) is 6.42 Å². The molecule has 4 rings (SSSR count). The number of aryl methyl sites for hydroxylation is 1. The normalized spacial score (nSPS) is 11.1. The number of carbonyl (C=O) groups excluding carboxylic acids is 1. The quantitative estimate of drug-likeness (QED) is 0.605. The zero-order valence-corrected chi connectivity index (χ0v) is 14.8. The second kappa shape index (κ2) is 6.22. The largest absolute Gasteiger partial charge is 0.497 e. The van der Waals surface area contributed by atoms with Crippen LogP contribution in [0.5, 0.6) is 5.75 Å². The lowest BCUT2D eigenvalue weighted by Crippen LogP contribution is -2.15. The third kappa shape index (κ3) is 2.96. The van der Waals surface area contributed by atoms with Gasteiger partial charge in [0.05, 0.1) is 23.7 Å². The molecule has 4 aromatic rings. The number of aromatic nitrogens is 2. The molecule has 0 saturated heterocycles. The molecular formula is C19H17N3O2S. The van der Waals surface area contributed by atoms with Crippen LogP contribution in [0.15, 0.2) is 48.5 Å². The van der Waals surface area contributed by atoms with Crippen LogP contribution in [0.4, 0.5) is 5.13 Å². The summed E-state index contributed by atoms with van der Waals surface area (Å²) in [5.41, 5.74) is 2.95. The van der Waals surface area contributed by atoms with Crippen LogP contribution in [0.1, 0.15) is 5.69 Å². The molecule has 0 aliphatic rings. The summed E-state index contributed by atoms with van der Waals surface area (Å²) in [5, 5.41) is 4.65. The number of anilines is 1. The molecule has 2 aromatic heterocycles. The Morgan fingerprint density at radius 1 is 1.24 bits per heavy atom. The average molecular weight is 351 g/mol. The molecule has 2 heterocycles. The van der Waals surface area contributed by atoms with Crippen LogP contribution in [-0.2, 0) is 18.3 Å². The van der Waals surface area contributed by atoms with Gasteiger partial charge in [-0.1, -0.05) is 29.5 Å². The van der Waals surface area contributed by atoms with Gasteiger partial charge in [-0.3, -0.25) is 4.79 Å². The van der Waals surface area contributed by atoms with E-state index in [1.807, 2.05) is 37.4 Å². The van der Waals surface area contributed by atoms with Crippen molar-refractivity contribution >= 4 is 43.5 Å². The van der Waals surface area contributed by atoms with Crippen LogP contribution >= 0.6 is 11.3 Å². The second-order valence-electron chi connectivity index (χ2n) is 5.83. The van der Waals surface area contributed by atoms with Crippen LogP contribution in [-0.4, -0.2) is 22.6 Å². The molecule has 0 saturated carbocycles. The fourth-order valence-corrected chi connectivity index (χ4v) is 3.84. The third-order valence-electron chi connectivity index (χ3n) is 4.23. The first-order valence-corrected chi connectivity index (χ1v) is 8.73. The Bertz CT molecular complexity index is 1080. The standard InChI is InChI=1S/C19H17N3O2S/c1-22-13(9-12-5-3-4-6-16(12)22)10-18(23)21-19-20-15-8-7-14(24-2)11-17(15)25-19/h3-9,11H,10H2,1-2H3,(H,20,21,23). The summed E-state index contributed by atoms with van der Waals surface area (Å²) in [6, 6.07) is 15.8. The molecule has 2 aromatic carbocycles. The number of fused-ring (bicyclic) bond motifs is 2. The molecule has 0 atom stereocenters. The van der Waals surface area contributed by atoms with Gasteiger partial charge in [0.1, 0.15) is 5.75 Å². The van der Waals surface area contributed by atoms with E-state index in [0.717, 1.165) is 32.6 Å². The topological polar surface area (TPSA) is 56.1 Å². The van der Waals surface area contributed by atoms with Crippen molar-refractivity contribution in [3.05, 3.63) is 54.2 Å². The summed E-state index contributed by atoms with van der Waals surface area (Å²) < 4.78 is 8.26. The van der Waals surface area contributed by atoms with Crippen molar-refractivity contribution in [3.8, 4) is 5.75 Å². The van der Waals surface area contributed by atoms with Crippen LogP contribution in [0.25, 0.3) is 21.1 Å². The van der Waals surface area contributed by atoms with E-state index in [-0.39, 0.29) is 5.91 Å². The first kappa shape index (κ1) is 15.7. The van der Waals surface area contributed by atoms with Crippen molar-refractivity contribution in [1.29, 1.82) is 0 Å². The first-order valence-electron chi connectivity index (χ1n) is 7.92. The number of hydrogen-bond donors (Lipinski definition) is 1. The number of ether oxygens (including phenoxy) is 1. The van der Waals surface area contributed by atoms with Crippen molar-refractivity contribution in [3.63, 3.8) is 0 Å². The minimum atomic E-state index is -0.0723. The molecule has 1 N–H and O–H groups in total. The number of methoxy groups -OCH3 is 1. The number of nitrogens with one attached hydrogen (secondary N) is 1. The summed E-state index contributed by atoms with van der Waals surface area (Å²) in [5.74, 6) is 0.710. The summed E-state index contributed by atoms with van der Waals surface area (Å²) >= 11 is 1.45. The Hall–Kier alpha value is -2.86. The Kier molecular flexibility index (Phi) is 3.89. The summed E-state index contributed by atoms with van der Waals surface area (Å²) in [6.07, 6.45) is 0.310. The first-order chi connectivity index (χ1) is 12.1. The maximum Gasteiger partial charge on any atom is 0.232 e. The lowest BCUT2D eigenvalue weighted by molar-refractivity contribution is -0.115. The van der Waals surface area contributed by atoms with Crippen molar-refractivity contribution in [2.24, 2.45) is 7.05 Å². The van der Waals surface area contributed by atoms with Gasteiger partial charge in [0.15, 0.2) is 5.13 Å². The fourth-order valence-electron chi connectivity index (χ4n) is 2.93. The average Bonchev–Trinajstić information content (AvgIpc) is 3.15. The zero-order chi connectivity index (χ0) is 17.4. The molecule has 0 aliphatic heterocycles. The molecule has 0 aliphatic carbocycles. The summed E-state index contributed by atoms with van der Waals surface area (Å²) in [6.45, 7) is 0. The van der Waals surface area contributed by atoms with Crippen LogP contribution in [0.2, 0.25) is 0 Å².